The van der Waals surface area contributed by atoms with Gasteiger partial charge in [0.05, 0.1) is 13.2 Å². The molecule has 5 rings (SSSR count). The molecule has 2 aliphatic rings. The van der Waals surface area contributed by atoms with Crippen molar-refractivity contribution in [2.75, 3.05) is 37.7 Å². The van der Waals surface area contributed by atoms with Crippen molar-refractivity contribution in [1.29, 1.82) is 5.26 Å². The Morgan fingerprint density at radius 3 is 2.40 bits per heavy atom. The summed E-state index contributed by atoms with van der Waals surface area (Å²) in [5.41, 5.74) is 3.61. The van der Waals surface area contributed by atoms with Crippen molar-refractivity contribution in [3.8, 4) is 17.3 Å². The van der Waals surface area contributed by atoms with E-state index in [1.807, 2.05) is 22.8 Å². The number of aliphatic hydroxyl groups excluding tert-OH is 4. The van der Waals surface area contributed by atoms with Gasteiger partial charge < -0.3 is 39.4 Å². The molecule has 5 N–H and O–H groups in total. The number of ether oxygens (including phenoxy) is 2. The fourth-order valence-corrected chi connectivity index (χ4v) is 6.57. The molecule has 224 valence electrons. The Labute approximate surface area is 243 Å². The van der Waals surface area contributed by atoms with Gasteiger partial charge in [0.2, 0.25) is 0 Å². The standard InChI is InChI=1S/C29H34N4O8S/c1-17(25(15-30)42(38,39)31-16-24-26(34)27(35)28(36)29(37)41-24)22-7-8-23(32(22)2)20-4-3-19-14-21(6-5-18(19)13-20)33-9-11-40-12-10-33/h3-8,13-14,24,26-29,31,34-37H,9-12,16H2,1-2H3/b25-17+/t24-,26-,27+,28-,29?/m1/s1. The van der Waals surface area contributed by atoms with E-state index in [-0.39, 0.29) is 5.57 Å². The fraction of sp³-hybridized carbons (Fsp3) is 0.414. The average molecular weight is 599 g/mol. The van der Waals surface area contributed by atoms with Crippen LogP contribution in [0.4, 0.5) is 5.69 Å². The topological polar surface area (TPSA) is 178 Å². The number of nitrogens with one attached hydrogen (secondary N) is 1. The van der Waals surface area contributed by atoms with E-state index >= 15 is 0 Å². The largest absolute Gasteiger partial charge is 0.388 e. The Kier molecular flexibility index (Phi) is 8.70. The molecule has 0 radical (unpaired) electrons. The van der Waals surface area contributed by atoms with E-state index in [1.54, 1.807) is 19.2 Å². The number of hydrogen-bond donors (Lipinski definition) is 5. The monoisotopic (exact) mass is 598 g/mol. The molecule has 0 aliphatic carbocycles. The number of hydrogen-bond acceptors (Lipinski definition) is 10. The van der Waals surface area contributed by atoms with Gasteiger partial charge in [-0.3, -0.25) is 0 Å². The van der Waals surface area contributed by atoms with Crippen molar-refractivity contribution in [3.05, 3.63) is 59.1 Å². The molecule has 3 heterocycles. The van der Waals surface area contributed by atoms with Crippen LogP contribution < -0.4 is 9.62 Å². The Morgan fingerprint density at radius 1 is 1.00 bits per heavy atom. The maximum absolute atomic E-state index is 13.1. The maximum atomic E-state index is 13.1. The summed E-state index contributed by atoms with van der Waals surface area (Å²) in [4.78, 5) is 1.77. The zero-order valence-electron chi connectivity index (χ0n) is 23.2. The molecule has 2 saturated heterocycles. The number of sulfonamides is 1. The summed E-state index contributed by atoms with van der Waals surface area (Å²) in [5, 5.41) is 51.3. The summed E-state index contributed by atoms with van der Waals surface area (Å²) in [6.45, 7) is 4.11. The average Bonchev–Trinajstić information content (AvgIpc) is 3.38. The van der Waals surface area contributed by atoms with Crippen molar-refractivity contribution < 1.29 is 38.3 Å². The molecule has 0 saturated carbocycles. The first-order valence-electron chi connectivity index (χ1n) is 13.5. The first-order chi connectivity index (χ1) is 20.0. The molecule has 2 fully saturated rings. The van der Waals surface area contributed by atoms with Crippen LogP contribution in [0.25, 0.3) is 27.6 Å². The van der Waals surface area contributed by atoms with Gasteiger partial charge in [-0.25, -0.2) is 13.1 Å². The number of morpholine rings is 1. The van der Waals surface area contributed by atoms with Gasteiger partial charge in [0, 0.05) is 49.3 Å². The number of nitrogens with zero attached hydrogens (tertiary/aromatic N) is 3. The number of nitriles is 1. The summed E-state index contributed by atoms with van der Waals surface area (Å²) in [7, 11) is -2.59. The third kappa shape index (κ3) is 5.81. The van der Waals surface area contributed by atoms with Gasteiger partial charge in [-0.1, -0.05) is 18.2 Å². The molecule has 5 atom stereocenters. The van der Waals surface area contributed by atoms with Crippen LogP contribution in [-0.4, -0.2) is 97.0 Å². The van der Waals surface area contributed by atoms with Crippen molar-refractivity contribution in [2.24, 2.45) is 7.05 Å². The Hall–Kier alpha value is -3.32. The number of aromatic nitrogens is 1. The molecule has 1 aromatic heterocycles. The van der Waals surface area contributed by atoms with Crippen LogP contribution in [0.15, 0.2) is 53.4 Å². The minimum absolute atomic E-state index is 0.204. The van der Waals surface area contributed by atoms with E-state index < -0.39 is 52.2 Å². The summed E-state index contributed by atoms with van der Waals surface area (Å²) >= 11 is 0. The molecular weight excluding hydrogens is 564 g/mol. The molecular formula is C29H34N4O8S. The van der Waals surface area contributed by atoms with Crippen LogP contribution in [0, 0.1) is 11.3 Å². The molecule has 2 aliphatic heterocycles. The van der Waals surface area contributed by atoms with Crippen LogP contribution in [0.3, 0.4) is 0 Å². The van der Waals surface area contributed by atoms with E-state index in [2.05, 4.69) is 33.9 Å². The molecule has 13 heteroatoms. The molecule has 2 aromatic carbocycles. The predicted octanol–water partition coefficient (Wildman–Crippen LogP) is 0.656. The number of fused-ring (bicyclic) bond motifs is 1. The molecule has 0 bridgehead atoms. The lowest BCUT2D eigenvalue weighted by molar-refractivity contribution is -0.279. The zero-order chi connectivity index (χ0) is 30.2. The predicted molar refractivity (Wildman–Crippen MR) is 155 cm³/mol. The highest BCUT2D eigenvalue weighted by atomic mass is 32.2. The zero-order valence-corrected chi connectivity index (χ0v) is 24.0. The molecule has 0 spiro atoms. The van der Waals surface area contributed by atoms with E-state index in [1.165, 1.54) is 6.92 Å². The van der Waals surface area contributed by atoms with Gasteiger partial charge in [0.1, 0.15) is 30.5 Å². The van der Waals surface area contributed by atoms with Gasteiger partial charge >= 0.3 is 0 Å². The van der Waals surface area contributed by atoms with Gasteiger partial charge in [-0.15, -0.1) is 0 Å². The van der Waals surface area contributed by atoms with Crippen molar-refractivity contribution in [2.45, 2.75) is 37.6 Å². The fourth-order valence-electron chi connectivity index (χ4n) is 5.41. The Bertz CT molecular complexity index is 1640. The highest BCUT2D eigenvalue weighted by Crippen LogP contribution is 2.31. The lowest BCUT2D eigenvalue weighted by atomic mass is 9.99. The van der Waals surface area contributed by atoms with Crippen molar-refractivity contribution in [1.82, 2.24) is 9.29 Å². The molecule has 42 heavy (non-hydrogen) atoms. The third-order valence-electron chi connectivity index (χ3n) is 7.87. The summed E-state index contributed by atoms with van der Waals surface area (Å²) in [6.07, 6.45) is -8.31. The van der Waals surface area contributed by atoms with Crippen molar-refractivity contribution in [3.63, 3.8) is 0 Å². The summed E-state index contributed by atoms with van der Waals surface area (Å²) < 4.78 is 40.7. The molecule has 3 aromatic rings. The minimum atomic E-state index is -4.38. The second-order valence-corrected chi connectivity index (χ2v) is 12.2. The normalized spacial score (nSPS) is 25.7. The van der Waals surface area contributed by atoms with Crippen molar-refractivity contribution >= 4 is 32.1 Å². The van der Waals surface area contributed by atoms with E-state index in [0.29, 0.717) is 18.9 Å². The van der Waals surface area contributed by atoms with Crippen LogP contribution in [0.5, 0.6) is 0 Å². The molecule has 1 unspecified atom stereocenters. The minimum Gasteiger partial charge on any atom is -0.388 e. The highest BCUT2D eigenvalue weighted by molar-refractivity contribution is 7.93. The summed E-state index contributed by atoms with van der Waals surface area (Å²) in [6, 6.07) is 17.8. The first kappa shape index (κ1) is 30.1. The van der Waals surface area contributed by atoms with E-state index in [0.717, 1.165) is 40.8 Å². The van der Waals surface area contributed by atoms with Gasteiger partial charge in [-0.2, -0.15) is 5.26 Å². The van der Waals surface area contributed by atoms with Crippen LogP contribution in [0.2, 0.25) is 0 Å². The SMILES string of the molecule is C/C(=C(/C#N)S(=O)(=O)NC[C@H]1OC(O)[C@H](O)[C@@H](O)[C@@H]1O)c1ccc(-c2ccc3cc(N4CCOCC4)ccc3c2)n1C. The quantitative estimate of drug-likeness (QED) is 0.243. The van der Waals surface area contributed by atoms with E-state index in [9.17, 15) is 34.1 Å². The van der Waals surface area contributed by atoms with Gasteiger partial charge in [0.15, 0.2) is 11.2 Å². The highest BCUT2D eigenvalue weighted by Gasteiger charge is 2.43. The van der Waals surface area contributed by atoms with E-state index in [4.69, 9.17) is 9.47 Å². The maximum Gasteiger partial charge on any atom is 0.251 e. The van der Waals surface area contributed by atoms with Crippen LogP contribution >= 0.6 is 0 Å². The Morgan fingerprint density at radius 2 is 1.69 bits per heavy atom. The Balaban J connectivity index is 1.37. The lowest BCUT2D eigenvalue weighted by Gasteiger charge is -2.38. The lowest BCUT2D eigenvalue weighted by Crippen LogP contribution is -2.60. The second-order valence-electron chi connectivity index (χ2n) is 10.5. The second kappa shape index (κ2) is 12.1. The summed E-state index contributed by atoms with van der Waals surface area (Å²) in [5.74, 6) is 0. The van der Waals surface area contributed by atoms with Crippen LogP contribution in [-0.2, 0) is 26.5 Å². The smallest absolute Gasteiger partial charge is 0.251 e. The van der Waals surface area contributed by atoms with Crippen LogP contribution in [0.1, 0.15) is 12.6 Å². The number of aliphatic hydroxyl groups is 4. The number of anilines is 1. The first-order valence-corrected chi connectivity index (χ1v) is 15.0. The number of allylic oxidation sites excluding steroid dienone is 2. The number of rotatable bonds is 7. The molecule has 0 amide bonds. The molecule has 12 nitrogen and oxygen atoms in total. The number of benzene rings is 2. The van der Waals surface area contributed by atoms with Gasteiger partial charge in [-0.05, 0) is 53.6 Å². The van der Waals surface area contributed by atoms with Gasteiger partial charge in [0.25, 0.3) is 10.0 Å². The third-order valence-corrected chi connectivity index (χ3v) is 9.36.